The number of hydrogen-bond acceptors (Lipinski definition) is 2. The molecule has 3 rings (SSSR count). The second-order valence-corrected chi connectivity index (χ2v) is 6.58. The number of nitrogens with one attached hydrogen (secondary N) is 1. The van der Waals surface area contributed by atoms with Crippen LogP contribution in [0.3, 0.4) is 0 Å². The van der Waals surface area contributed by atoms with Gasteiger partial charge >= 0.3 is 0 Å². The molecule has 2 atom stereocenters. The highest BCUT2D eigenvalue weighted by atomic mass is 79.9. The first-order chi connectivity index (χ1) is 9.13. The van der Waals surface area contributed by atoms with Crippen LogP contribution in [0.15, 0.2) is 28.9 Å². The molecular weight excluding hydrogens is 302 g/mol. The Balaban J connectivity index is 1.80. The highest BCUT2D eigenvalue weighted by Gasteiger charge is 2.23. The molecule has 0 spiro atoms. The smallest absolute Gasteiger partial charge is 0.0458 e. The van der Waals surface area contributed by atoms with Gasteiger partial charge in [0.2, 0.25) is 0 Å². The topological polar surface area (TPSA) is 45.0 Å². The Morgan fingerprint density at radius 1 is 1.47 bits per heavy atom. The number of likely N-dealkylation sites (tertiary alicyclic amines) is 1. The normalized spacial score (nSPS) is 25.0. The van der Waals surface area contributed by atoms with E-state index in [1.807, 2.05) is 0 Å². The molecule has 2 unspecified atom stereocenters. The minimum Gasteiger partial charge on any atom is -0.361 e. The first-order valence-electron chi connectivity index (χ1n) is 6.87. The fourth-order valence-corrected chi connectivity index (χ4v) is 3.28. The number of nitrogens with two attached hydrogens (primary N) is 1. The molecule has 0 amide bonds. The molecule has 102 valence electrons. The zero-order valence-corrected chi connectivity index (χ0v) is 12.8. The van der Waals surface area contributed by atoms with Crippen LogP contribution in [-0.2, 0) is 6.54 Å². The van der Waals surface area contributed by atoms with Crippen molar-refractivity contribution in [1.82, 2.24) is 9.88 Å². The predicted octanol–water partition coefficient (Wildman–Crippen LogP) is 3.10. The molecule has 1 aromatic heterocycles. The maximum Gasteiger partial charge on any atom is 0.0458 e. The lowest BCUT2D eigenvalue weighted by atomic mass is 9.94. The van der Waals surface area contributed by atoms with Crippen LogP contribution in [0.25, 0.3) is 10.9 Å². The molecule has 1 aromatic carbocycles. The van der Waals surface area contributed by atoms with E-state index < -0.39 is 0 Å². The molecule has 0 saturated carbocycles. The second kappa shape index (κ2) is 5.27. The summed E-state index contributed by atoms with van der Waals surface area (Å²) in [5.74, 6) is 0.589. The minimum atomic E-state index is 0.369. The lowest BCUT2D eigenvalue weighted by Crippen LogP contribution is -2.45. The Bertz CT molecular complexity index is 578. The van der Waals surface area contributed by atoms with E-state index in [1.165, 1.54) is 16.5 Å². The van der Waals surface area contributed by atoms with E-state index in [9.17, 15) is 0 Å². The molecule has 0 aliphatic carbocycles. The van der Waals surface area contributed by atoms with Crippen LogP contribution in [0.2, 0.25) is 0 Å². The van der Waals surface area contributed by atoms with Crippen molar-refractivity contribution < 1.29 is 0 Å². The van der Waals surface area contributed by atoms with Crippen molar-refractivity contribution >= 4 is 26.8 Å². The van der Waals surface area contributed by atoms with Gasteiger partial charge in [-0.1, -0.05) is 22.9 Å². The van der Waals surface area contributed by atoms with Gasteiger partial charge in [0.05, 0.1) is 0 Å². The molecule has 1 aliphatic rings. The number of fused-ring (bicyclic) bond motifs is 1. The number of nitrogens with zero attached hydrogens (tertiary/aromatic N) is 1. The Kier molecular flexibility index (Phi) is 3.65. The molecule has 1 fully saturated rings. The summed E-state index contributed by atoms with van der Waals surface area (Å²) in [4.78, 5) is 5.86. The van der Waals surface area contributed by atoms with Gasteiger partial charge in [-0.2, -0.15) is 0 Å². The lowest BCUT2D eigenvalue weighted by molar-refractivity contribution is 0.158. The van der Waals surface area contributed by atoms with Crippen molar-refractivity contribution in [2.24, 2.45) is 11.7 Å². The van der Waals surface area contributed by atoms with Gasteiger partial charge in [0, 0.05) is 40.7 Å². The molecule has 2 heterocycles. The lowest BCUT2D eigenvalue weighted by Gasteiger charge is -2.34. The van der Waals surface area contributed by atoms with Crippen molar-refractivity contribution in [3.8, 4) is 0 Å². The highest BCUT2D eigenvalue weighted by molar-refractivity contribution is 9.10. The summed E-state index contributed by atoms with van der Waals surface area (Å²) in [6.45, 7) is 5.46. The summed E-state index contributed by atoms with van der Waals surface area (Å²) in [5.41, 5.74) is 8.67. The molecule has 2 aromatic rings. The van der Waals surface area contributed by atoms with Crippen LogP contribution in [0.4, 0.5) is 0 Å². The molecule has 1 saturated heterocycles. The fourth-order valence-electron chi connectivity index (χ4n) is 2.92. The molecule has 0 radical (unpaired) electrons. The van der Waals surface area contributed by atoms with Crippen molar-refractivity contribution in [3.63, 3.8) is 0 Å². The van der Waals surface area contributed by atoms with Crippen LogP contribution in [0, 0.1) is 5.92 Å². The van der Waals surface area contributed by atoms with Gasteiger partial charge < -0.3 is 10.7 Å². The monoisotopic (exact) mass is 321 g/mol. The van der Waals surface area contributed by atoms with Gasteiger partial charge in [-0.25, -0.2) is 0 Å². The molecule has 3 N–H and O–H groups in total. The maximum atomic E-state index is 6.09. The Hall–Kier alpha value is -0.840. The summed E-state index contributed by atoms with van der Waals surface area (Å²) in [6.07, 6.45) is 3.24. The maximum absolute atomic E-state index is 6.09. The summed E-state index contributed by atoms with van der Waals surface area (Å²) in [5, 5.41) is 1.32. The van der Waals surface area contributed by atoms with Crippen molar-refractivity contribution in [2.45, 2.75) is 25.9 Å². The third-order valence-electron chi connectivity index (χ3n) is 4.18. The van der Waals surface area contributed by atoms with Gasteiger partial charge in [0.25, 0.3) is 0 Å². The van der Waals surface area contributed by atoms with Crippen LogP contribution in [0.5, 0.6) is 0 Å². The molecular formula is C15H20BrN3. The zero-order chi connectivity index (χ0) is 13.4. The fraction of sp³-hybridized carbons (Fsp3) is 0.467. The van der Waals surface area contributed by atoms with Gasteiger partial charge in [0.15, 0.2) is 0 Å². The number of H-pyrrole nitrogens is 1. The summed E-state index contributed by atoms with van der Waals surface area (Å²) < 4.78 is 1.13. The van der Waals surface area contributed by atoms with E-state index in [2.05, 4.69) is 57.1 Å². The summed E-state index contributed by atoms with van der Waals surface area (Å²) >= 11 is 3.55. The Morgan fingerprint density at radius 3 is 3.11 bits per heavy atom. The molecule has 3 nitrogen and oxygen atoms in total. The van der Waals surface area contributed by atoms with Gasteiger partial charge in [-0.15, -0.1) is 0 Å². The van der Waals surface area contributed by atoms with E-state index in [4.69, 9.17) is 5.73 Å². The van der Waals surface area contributed by atoms with E-state index in [-0.39, 0.29) is 0 Å². The molecule has 19 heavy (non-hydrogen) atoms. The number of halogens is 1. The molecule has 1 aliphatic heterocycles. The standard InChI is InChI=1S/C15H20BrN3/c1-10-8-19(5-4-14(10)17)9-11-7-18-15-3-2-12(16)6-13(11)15/h2-3,6-7,10,14,18H,4-5,8-9,17H2,1H3. The zero-order valence-electron chi connectivity index (χ0n) is 11.2. The van der Waals surface area contributed by atoms with E-state index in [0.717, 1.165) is 30.5 Å². The van der Waals surface area contributed by atoms with Gasteiger partial charge in [-0.05, 0) is 42.6 Å². The van der Waals surface area contributed by atoms with E-state index >= 15 is 0 Å². The van der Waals surface area contributed by atoms with Crippen LogP contribution < -0.4 is 5.73 Å². The SMILES string of the molecule is CC1CN(Cc2c[nH]c3ccc(Br)cc23)CCC1N. The highest BCUT2D eigenvalue weighted by Crippen LogP contribution is 2.25. The van der Waals surface area contributed by atoms with Crippen molar-refractivity contribution in [1.29, 1.82) is 0 Å². The third-order valence-corrected chi connectivity index (χ3v) is 4.67. The second-order valence-electron chi connectivity index (χ2n) is 5.67. The number of aromatic nitrogens is 1. The van der Waals surface area contributed by atoms with Crippen LogP contribution in [0.1, 0.15) is 18.9 Å². The Labute approximate surface area is 122 Å². The number of piperidine rings is 1. The minimum absolute atomic E-state index is 0.369. The molecule has 0 bridgehead atoms. The number of benzene rings is 1. The third kappa shape index (κ3) is 2.71. The van der Waals surface area contributed by atoms with Gasteiger partial charge in [-0.3, -0.25) is 4.90 Å². The van der Waals surface area contributed by atoms with Crippen LogP contribution >= 0.6 is 15.9 Å². The van der Waals surface area contributed by atoms with Gasteiger partial charge in [0.1, 0.15) is 0 Å². The summed E-state index contributed by atoms with van der Waals surface area (Å²) in [7, 11) is 0. The first kappa shape index (κ1) is 13.2. The average molecular weight is 322 g/mol. The number of aromatic amines is 1. The number of hydrogen-bond donors (Lipinski definition) is 2. The quantitative estimate of drug-likeness (QED) is 0.892. The molecule has 4 heteroatoms. The summed E-state index contributed by atoms with van der Waals surface area (Å²) in [6, 6.07) is 6.76. The van der Waals surface area contributed by atoms with Crippen molar-refractivity contribution in [2.75, 3.05) is 13.1 Å². The first-order valence-corrected chi connectivity index (χ1v) is 7.66. The number of rotatable bonds is 2. The van der Waals surface area contributed by atoms with Crippen LogP contribution in [-0.4, -0.2) is 29.0 Å². The largest absolute Gasteiger partial charge is 0.361 e. The van der Waals surface area contributed by atoms with E-state index in [1.54, 1.807) is 0 Å². The van der Waals surface area contributed by atoms with E-state index in [0.29, 0.717) is 12.0 Å². The average Bonchev–Trinajstić information content (AvgIpc) is 2.77. The predicted molar refractivity (Wildman–Crippen MR) is 83.0 cm³/mol. The Morgan fingerprint density at radius 2 is 2.32 bits per heavy atom. The van der Waals surface area contributed by atoms with Crippen molar-refractivity contribution in [3.05, 3.63) is 34.4 Å².